The number of carbonyl (C=O) groups excluding carboxylic acids is 1. The number of hydrogen-bond acceptors (Lipinski definition) is 4. The summed E-state index contributed by atoms with van der Waals surface area (Å²) in [4.78, 5) is 18.5. The number of benzene rings is 1. The van der Waals surface area contributed by atoms with E-state index in [1.54, 1.807) is 23.1 Å². The Labute approximate surface area is 142 Å². The smallest absolute Gasteiger partial charge is 0.246 e. The number of carbonyl (C=O) groups is 1. The van der Waals surface area contributed by atoms with Crippen molar-refractivity contribution >= 4 is 5.91 Å². The van der Waals surface area contributed by atoms with Crippen LogP contribution in [0.5, 0.6) is 0 Å². The largest absolute Gasteiger partial charge is 0.382 e. The predicted molar refractivity (Wildman–Crippen MR) is 91.0 cm³/mol. The van der Waals surface area contributed by atoms with Crippen LogP contribution < -0.4 is 0 Å². The van der Waals surface area contributed by atoms with Crippen LogP contribution in [0.25, 0.3) is 0 Å². The second-order valence-electron chi connectivity index (χ2n) is 5.37. The molecule has 2 aromatic rings. The van der Waals surface area contributed by atoms with Crippen LogP contribution >= 0.6 is 0 Å². The molecule has 0 aliphatic carbocycles. The Hall–Kier alpha value is -2.71. The van der Waals surface area contributed by atoms with E-state index in [1.807, 2.05) is 50.2 Å². The van der Waals surface area contributed by atoms with Crippen molar-refractivity contribution in [3.8, 4) is 6.07 Å². The molecule has 1 amide bonds. The van der Waals surface area contributed by atoms with Crippen LogP contribution in [-0.2, 0) is 4.79 Å². The van der Waals surface area contributed by atoms with Crippen molar-refractivity contribution in [3.63, 3.8) is 0 Å². The molecular formula is C19H21N3O2. The molecule has 24 heavy (non-hydrogen) atoms. The predicted octanol–water partition coefficient (Wildman–Crippen LogP) is 2.64. The van der Waals surface area contributed by atoms with Gasteiger partial charge in [-0.3, -0.25) is 9.78 Å². The summed E-state index contributed by atoms with van der Waals surface area (Å²) in [6.45, 7) is 4.83. The molecule has 2 rings (SSSR count). The first-order valence-corrected chi connectivity index (χ1v) is 8.00. The standard InChI is InChI=1S/C19H21N3O2/c1-3-22(4-2)19(24)15(13-20)16-11-8-12-17(21-16)18(23)14-9-6-5-7-10-14/h5-12,15,18,23H,3-4H2,1-2H3. The monoisotopic (exact) mass is 323 g/mol. The normalized spacial score (nSPS) is 12.9. The number of aliphatic hydroxyl groups excluding tert-OH is 1. The molecular weight excluding hydrogens is 302 g/mol. The highest BCUT2D eigenvalue weighted by Crippen LogP contribution is 2.23. The van der Waals surface area contributed by atoms with Gasteiger partial charge in [0.2, 0.25) is 5.91 Å². The van der Waals surface area contributed by atoms with Crippen molar-refractivity contribution in [3.05, 3.63) is 65.5 Å². The Morgan fingerprint density at radius 3 is 2.33 bits per heavy atom. The molecule has 0 saturated heterocycles. The van der Waals surface area contributed by atoms with E-state index in [0.29, 0.717) is 30.0 Å². The second-order valence-corrected chi connectivity index (χ2v) is 5.37. The number of amides is 1. The highest BCUT2D eigenvalue weighted by atomic mass is 16.3. The van der Waals surface area contributed by atoms with Crippen LogP contribution in [0.2, 0.25) is 0 Å². The zero-order valence-corrected chi connectivity index (χ0v) is 13.9. The molecule has 1 aromatic heterocycles. The lowest BCUT2D eigenvalue weighted by atomic mass is 10.0. The van der Waals surface area contributed by atoms with E-state index in [-0.39, 0.29) is 5.91 Å². The van der Waals surface area contributed by atoms with Gasteiger partial charge < -0.3 is 10.0 Å². The lowest BCUT2D eigenvalue weighted by molar-refractivity contribution is -0.131. The van der Waals surface area contributed by atoms with E-state index >= 15 is 0 Å². The highest BCUT2D eigenvalue weighted by Gasteiger charge is 2.26. The minimum atomic E-state index is -0.965. The summed E-state index contributed by atoms with van der Waals surface area (Å²) in [6.07, 6.45) is -0.894. The third-order valence-corrected chi connectivity index (χ3v) is 3.93. The average Bonchev–Trinajstić information content (AvgIpc) is 2.64. The average molecular weight is 323 g/mol. The fourth-order valence-electron chi connectivity index (χ4n) is 2.55. The summed E-state index contributed by atoms with van der Waals surface area (Å²) in [5, 5.41) is 19.9. The van der Waals surface area contributed by atoms with Crippen molar-refractivity contribution in [2.24, 2.45) is 0 Å². The van der Waals surface area contributed by atoms with E-state index in [0.717, 1.165) is 0 Å². The molecule has 1 heterocycles. The summed E-state index contributed by atoms with van der Waals surface area (Å²) in [7, 11) is 0. The Balaban J connectivity index is 2.32. The molecule has 5 heteroatoms. The number of aromatic nitrogens is 1. The van der Waals surface area contributed by atoms with Gasteiger partial charge in [-0.1, -0.05) is 36.4 Å². The highest BCUT2D eigenvalue weighted by molar-refractivity contribution is 5.86. The van der Waals surface area contributed by atoms with Gasteiger partial charge in [0.15, 0.2) is 5.92 Å². The third-order valence-electron chi connectivity index (χ3n) is 3.93. The molecule has 124 valence electrons. The van der Waals surface area contributed by atoms with Crippen molar-refractivity contribution in [2.75, 3.05) is 13.1 Å². The number of hydrogen-bond donors (Lipinski definition) is 1. The number of nitriles is 1. The van der Waals surface area contributed by atoms with E-state index in [2.05, 4.69) is 4.98 Å². The van der Waals surface area contributed by atoms with Crippen molar-refractivity contribution in [1.82, 2.24) is 9.88 Å². The number of pyridine rings is 1. The number of likely N-dealkylation sites (N-methyl/N-ethyl adjacent to an activating group) is 1. The Morgan fingerprint density at radius 2 is 1.75 bits per heavy atom. The molecule has 0 radical (unpaired) electrons. The second kappa shape index (κ2) is 8.23. The fraction of sp³-hybridized carbons (Fsp3) is 0.316. The Morgan fingerprint density at radius 1 is 1.12 bits per heavy atom. The minimum Gasteiger partial charge on any atom is -0.382 e. The molecule has 0 fully saturated rings. The maximum atomic E-state index is 12.5. The summed E-state index contributed by atoms with van der Waals surface area (Å²) in [5.41, 5.74) is 1.50. The molecule has 2 atom stereocenters. The first-order valence-electron chi connectivity index (χ1n) is 8.00. The van der Waals surface area contributed by atoms with Crippen molar-refractivity contribution in [2.45, 2.75) is 25.9 Å². The number of rotatable bonds is 6. The maximum Gasteiger partial charge on any atom is 0.246 e. The van der Waals surface area contributed by atoms with Crippen molar-refractivity contribution < 1.29 is 9.90 Å². The van der Waals surface area contributed by atoms with Gasteiger partial charge in [0.25, 0.3) is 0 Å². The van der Waals surface area contributed by atoms with Gasteiger partial charge in [-0.15, -0.1) is 0 Å². The van der Waals surface area contributed by atoms with Crippen LogP contribution in [0.3, 0.4) is 0 Å². The van der Waals surface area contributed by atoms with Gasteiger partial charge in [-0.25, -0.2) is 0 Å². The summed E-state index contributed by atoms with van der Waals surface area (Å²) in [5.74, 6) is -1.23. The van der Waals surface area contributed by atoms with Gasteiger partial charge in [-0.2, -0.15) is 5.26 Å². The van der Waals surface area contributed by atoms with E-state index in [1.165, 1.54) is 0 Å². The molecule has 0 aliphatic heterocycles. The van der Waals surface area contributed by atoms with E-state index < -0.39 is 12.0 Å². The van der Waals surface area contributed by atoms with Crippen LogP contribution in [0.1, 0.15) is 42.8 Å². The van der Waals surface area contributed by atoms with Gasteiger partial charge in [0.05, 0.1) is 17.5 Å². The van der Waals surface area contributed by atoms with Gasteiger partial charge in [-0.05, 0) is 31.5 Å². The lowest BCUT2D eigenvalue weighted by Gasteiger charge is -2.21. The molecule has 1 N–H and O–H groups in total. The van der Waals surface area contributed by atoms with Crippen LogP contribution in [0, 0.1) is 11.3 Å². The Bertz CT molecular complexity index is 721. The fourth-order valence-corrected chi connectivity index (χ4v) is 2.55. The molecule has 2 unspecified atom stereocenters. The SMILES string of the molecule is CCN(CC)C(=O)C(C#N)c1cccc(C(O)c2ccccc2)n1. The van der Waals surface area contributed by atoms with E-state index in [9.17, 15) is 15.2 Å². The molecule has 0 bridgehead atoms. The molecule has 0 aliphatic rings. The lowest BCUT2D eigenvalue weighted by Crippen LogP contribution is -2.34. The minimum absolute atomic E-state index is 0.263. The van der Waals surface area contributed by atoms with Crippen LogP contribution in [0.15, 0.2) is 48.5 Å². The summed E-state index contributed by atoms with van der Waals surface area (Å²) in [6, 6.07) is 16.3. The summed E-state index contributed by atoms with van der Waals surface area (Å²) >= 11 is 0. The molecule has 1 aromatic carbocycles. The molecule has 0 saturated carbocycles. The zero-order chi connectivity index (χ0) is 17.5. The number of aliphatic hydroxyl groups is 1. The quantitative estimate of drug-likeness (QED) is 0.886. The summed E-state index contributed by atoms with van der Waals surface area (Å²) < 4.78 is 0. The van der Waals surface area contributed by atoms with Gasteiger partial charge in [0.1, 0.15) is 6.10 Å². The van der Waals surface area contributed by atoms with Crippen LogP contribution in [-0.4, -0.2) is 34.0 Å². The van der Waals surface area contributed by atoms with E-state index in [4.69, 9.17) is 0 Å². The van der Waals surface area contributed by atoms with Gasteiger partial charge >= 0.3 is 0 Å². The topological polar surface area (TPSA) is 77.2 Å². The van der Waals surface area contributed by atoms with Gasteiger partial charge in [0, 0.05) is 13.1 Å². The van der Waals surface area contributed by atoms with Crippen LogP contribution in [0.4, 0.5) is 0 Å². The zero-order valence-electron chi connectivity index (χ0n) is 13.9. The number of nitrogens with zero attached hydrogens (tertiary/aromatic N) is 3. The molecule has 5 nitrogen and oxygen atoms in total. The van der Waals surface area contributed by atoms with Crippen molar-refractivity contribution in [1.29, 1.82) is 5.26 Å². The maximum absolute atomic E-state index is 12.5. The third kappa shape index (κ3) is 3.79. The Kier molecular flexibility index (Phi) is 6.05. The first-order chi connectivity index (χ1) is 11.6. The molecule has 0 spiro atoms. The first kappa shape index (κ1) is 17.6.